The van der Waals surface area contributed by atoms with Gasteiger partial charge in [0, 0.05) is 18.7 Å². The van der Waals surface area contributed by atoms with Gasteiger partial charge < -0.3 is 24.8 Å². The smallest absolute Gasteiger partial charge is 0.113 e. The Balaban J connectivity index is 0.950. The van der Waals surface area contributed by atoms with Crippen LogP contribution in [0.3, 0.4) is 0 Å². The van der Waals surface area contributed by atoms with Crippen molar-refractivity contribution in [3.8, 4) is 0 Å². The fourth-order valence-electron chi connectivity index (χ4n) is 7.68. The minimum Gasteiger partial charge on any atom is -0.390 e. The molecule has 6 aliphatic rings. The van der Waals surface area contributed by atoms with Gasteiger partial charge in [0.05, 0.1) is 31.1 Å². The fraction of sp³-hybridized carbons (Fsp3) is 0.913. The van der Waals surface area contributed by atoms with Crippen LogP contribution in [0.1, 0.15) is 50.6 Å². The largest absolute Gasteiger partial charge is 0.390 e. The number of hydrogen-bond acceptors (Lipinski definition) is 7. The van der Waals surface area contributed by atoms with E-state index in [1.807, 2.05) is 6.20 Å². The van der Waals surface area contributed by atoms with E-state index in [1.54, 1.807) is 4.68 Å². The number of fused-ring (bicyclic) bond motifs is 1. The lowest BCUT2D eigenvalue weighted by atomic mass is 9.50. The van der Waals surface area contributed by atoms with Crippen molar-refractivity contribution in [2.75, 3.05) is 13.2 Å². The first-order valence-corrected chi connectivity index (χ1v) is 12.2. The van der Waals surface area contributed by atoms with E-state index in [9.17, 15) is 15.3 Å². The zero-order chi connectivity index (χ0) is 21.2. The molecule has 6 atom stereocenters. The Hall–Kier alpha value is -1.06. The number of aliphatic hydroxyl groups excluding tert-OH is 3. The average molecular weight is 434 g/mol. The van der Waals surface area contributed by atoms with Gasteiger partial charge in [0.15, 0.2) is 0 Å². The van der Waals surface area contributed by atoms with Crippen LogP contribution in [-0.4, -0.2) is 74.0 Å². The maximum Gasteiger partial charge on any atom is 0.113 e. The van der Waals surface area contributed by atoms with Crippen molar-refractivity contribution in [1.82, 2.24) is 15.0 Å². The Labute approximate surface area is 182 Å². The SMILES string of the molecule is O[C@H]1[C@H](O)[C@@H](O)C2O[C@@H]2[C@@H]1Cn1cc(CCCOCC23CC4CC(CC(C4)C2)C3)nn1. The average Bonchev–Trinajstić information content (AvgIpc) is 3.40. The number of aromatic nitrogens is 3. The van der Waals surface area contributed by atoms with Crippen molar-refractivity contribution < 1.29 is 24.8 Å². The van der Waals surface area contributed by atoms with Crippen molar-refractivity contribution in [1.29, 1.82) is 0 Å². The van der Waals surface area contributed by atoms with E-state index < -0.39 is 18.3 Å². The minimum absolute atomic E-state index is 0.223. The highest BCUT2D eigenvalue weighted by Crippen LogP contribution is 2.60. The molecule has 1 saturated heterocycles. The topological polar surface area (TPSA) is 113 Å². The molecule has 5 saturated carbocycles. The number of hydrogen-bond donors (Lipinski definition) is 3. The van der Waals surface area contributed by atoms with Gasteiger partial charge in [0.2, 0.25) is 0 Å². The third-order valence-electron chi connectivity index (χ3n) is 8.74. The highest BCUT2D eigenvalue weighted by atomic mass is 16.6. The van der Waals surface area contributed by atoms with Gasteiger partial charge in [-0.1, -0.05) is 5.21 Å². The zero-order valence-electron chi connectivity index (χ0n) is 18.1. The fourth-order valence-corrected chi connectivity index (χ4v) is 7.68. The summed E-state index contributed by atoms with van der Waals surface area (Å²) in [7, 11) is 0. The Morgan fingerprint density at radius 2 is 1.71 bits per heavy atom. The summed E-state index contributed by atoms with van der Waals surface area (Å²) >= 11 is 0. The summed E-state index contributed by atoms with van der Waals surface area (Å²) in [5, 5.41) is 38.6. The van der Waals surface area contributed by atoms with Crippen molar-refractivity contribution in [2.45, 2.75) is 88.4 Å². The van der Waals surface area contributed by atoms with E-state index in [0.29, 0.717) is 12.0 Å². The van der Waals surface area contributed by atoms with E-state index in [4.69, 9.17) is 9.47 Å². The first kappa shape index (κ1) is 20.5. The van der Waals surface area contributed by atoms with Crippen molar-refractivity contribution >= 4 is 0 Å². The van der Waals surface area contributed by atoms with Crippen LogP contribution in [0.2, 0.25) is 0 Å². The Morgan fingerprint density at radius 1 is 1.00 bits per heavy atom. The van der Waals surface area contributed by atoms with E-state index in [-0.39, 0.29) is 18.1 Å². The molecule has 7 rings (SSSR count). The lowest BCUT2D eigenvalue weighted by Gasteiger charge is -2.56. The van der Waals surface area contributed by atoms with Crippen molar-refractivity contribution in [3.63, 3.8) is 0 Å². The molecule has 0 aromatic carbocycles. The summed E-state index contributed by atoms with van der Waals surface area (Å²) in [5.74, 6) is 2.61. The summed E-state index contributed by atoms with van der Waals surface area (Å²) in [5.41, 5.74) is 1.39. The van der Waals surface area contributed by atoms with Crippen LogP contribution in [0.5, 0.6) is 0 Å². The standard InChI is InChI=1S/C23H35N3O5/c27-18-17(21-22(31-21)20(29)19(18)28)11-26-10-16(24-25-26)2-1-3-30-12-23-7-13-4-14(8-23)6-15(5-13)9-23/h10,13-15,17-22,27-29H,1-9,11-12H2/t13?,14?,15?,17-,18-,19+,20-,21-,22?,23?/m1/s1. The van der Waals surface area contributed by atoms with Gasteiger partial charge in [0.25, 0.3) is 0 Å². The maximum atomic E-state index is 10.3. The van der Waals surface area contributed by atoms with Gasteiger partial charge in [0.1, 0.15) is 18.3 Å². The molecule has 0 radical (unpaired) electrons. The molecule has 1 unspecified atom stereocenters. The summed E-state index contributed by atoms with van der Waals surface area (Å²) < 4.78 is 13.3. The van der Waals surface area contributed by atoms with Crippen LogP contribution in [-0.2, 0) is 22.4 Å². The molecule has 4 bridgehead atoms. The molecule has 6 fully saturated rings. The lowest BCUT2D eigenvalue weighted by molar-refractivity contribution is -0.100. The predicted molar refractivity (Wildman–Crippen MR) is 110 cm³/mol. The quantitative estimate of drug-likeness (QED) is 0.413. The summed E-state index contributed by atoms with van der Waals surface area (Å²) in [6, 6.07) is 0. The molecule has 1 aliphatic heterocycles. The first-order chi connectivity index (χ1) is 15.0. The molecular weight excluding hydrogens is 398 g/mol. The number of aliphatic hydroxyl groups is 3. The van der Waals surface area contributed by atoms with Crippen molar-refractivity contribution in [3.05, 3.63) is 11.9 Å². The molecule has 5 aliphatic carbocycles. The second kappa shape index (κ2) is 7.76. The second-order valence-corrected chi connectivity index (χ2v) is 11.2. The van der Waals surface area contributed by atoms with Crippen LogP contribution in [0, 0.1) is 29.1 Å². The minimum atomic E-state index is -1.18. The second-order valence-electron chi connectivity index (χ2n) is 11.2. The molecule has 3 N–H and O–H groups in total. The van der Waals surface area contributed by atoms with E-state index in [1.165, 1.54) is 38.5 Å². The number of ether oxygens (including phenoxy) is 2. The van der Waals surface area contributed by atoms with Crippen LogP contribution in [0.4, 0.5) is 0 Å². The monoisotopic (exact) mass is 433 g/mol. The first-order valence-electron chi connectivity index (χ1n) is 12.2. The van der Waals surface area contributed by atoms with Gasteiger partial charge in [-0.3, -0.25) is 4.68 Å². The Bertz CT molecular complexity index is 765. The highest BCUT2D eigenvalue weighted by molar-refractivity contribution is 5.08. The van der Waals surface area contributed by atoms with Gasteiger partial charge in [-0.25, -0.2) is 0 Å². The predicted octanol–water partition coefficient (Wildman–Crippen LogP) is 0.924. The number of rotatable bonds is 8. The number of aryl methyl sites for hydroxylation is 1. The van der Waals surface area contributed by atoms with E-state index in [2.05, 4.69) is 10.3 Å². The van der Waals surface area contributed by atoms with E-state index in [0.717, 1.165) is 49.5 Å². The van der Waals surface area contributed by atoms with Crippen molar-refractivity contribution in [2.24, 2.45) is 29.1 Å². The number of nitrogens with zero attached hydrogens (tertiary/aromatic N) is 3. The zero-order valence-corrected chi connectivity index (χ0v) is 18.1. The summed E-state index contributed by atoms with van der Waals surface area (Å²) in [4.78, 5) is 0. The Kier molecular flexibility index (Phi) is 5.14. The van der Waals surface area contributed by atoms with Crippen LogP contribution in [0.25, 0.3) is 0 Å². The van der Waals surface area contributed by atoms with Gasteiger partial charge in [-0.05, 0) is 74.5 Å². The third-order valence-corrected chi connectivity index (χ3v) is 8.74. The molecule has 0 spiro atoms. The molecule has 0 amide bonds. The third kappa shape index (κ3) is 3.84. The molecule has 1 aromatic heterocycles. The van der Waals surface area contributed by atoms with Crippen LogP contribution in [0.15, 0.2) is 6.20 Å². The van der Waals surface area contributed by atoms with Crippen LogP contribution >= 0.6 is 0 Å². The number of epoxide rings is 1. The normalized spacial score (nSPS) is 47.5. The molecule has 1 aromatic rings. The molecule has 8 nitrogen and oxygen atoms in total. The molecule has 31 heavy (non-hydrogen) atoms. The molecule has 8 heteroatoms. The maximum absolute atomic E-state index is 10.3. The summed E-state index contributed by atoms with van der Waals surface area (Å²) in [6.07, 6.45) is 8.41. The highest BCUT2D eigenvalue weighted by Gasteiger charge is 2.60. The summed E-state index contributed by atoms with van der Waals surface area (Å²) in [6.45, 7) is 2.11. The van der Waals surface area contributed by atoms with Gasteiger partial charge >= 0.3 is 0 Å². The van der Waals surface area contributed by atoms with Gasteiger partial charge in [-0.2, -0.15) is 0 Å². The molecular formula is C23H35N3O5. The van der Waals surface area contributed by atoms with E-state index >= 15 is 0 Å². The molecule has 2 heterocycles. The lowest BCUT2D eigenvalue weighted by Crippen LogP contribution is -2.52. The van der Waals surface area contributed by atoms with Gasteiger partial charge in [-0.15, -0.1) is 5.10 Å². The molecule has 172 valence electrons. The Morgan fingerprint density at radius 3 is 2.42 bits per heavy atom. The van der Waals surface area contributed by atoms with Crippen LogP contribution < -0.4 is 0 Å².